The van der Waals surface area contributed by atoms with Gasteiger partial charge < -0.3 is 24.0 Å². The molecule has 1 amide bonds. The summed E-state index contributed by atoms with van der Waals surface area (Å²) in [6, 6.07) is 0. The first-order valence-electron chi connectivity index (χ1n) is 22.6. The van der Waals surface area contributed by atoms with Gasteiger partial charge in [0.15, 0.2) is 5.79 Å². The highest BCUT2D eigenvalue weighted by Crippen LogP contribution is 2.44. The Kier molecular flexibility index (Phi) is 28.4. The van der Waals surface area contributed by atoms with Crippen molar-refractivity contribution in [3.05, 3.63) is 60.8 Å². The van der Waals surface area contributed by atoms with Crippen molar-refractivity contribution in [3.63, 3.8) is 0 Å². The van der Waals surface area contributed by atoms with Crippen molar-refractivity contribution in [2.24, 2.45) is 0 Å². The summed E-state index contributed by atoms with van der Waals surface area (Å²) < 4.78 is 19.1. The fourth-order valence-corrected chi connectivity index (χ4v) is 7.45. The second kappa shape index (κ2) is 32.0. The minimum Gasteiger partial charge on any atom is -0.448 e. The number of allylic oxidation sites excluding steroid dienone is 10. The van der Waals surface area contributed by atoms with Crippen LogP contribution in [-0.4, -0.2) is 74.2 Å². The fraction of sp³-hybridized carbons (Fsp3) is 0.771. The summed E-state index contributed by atoms with van der Waals surface area (Å²) in [5.74, 6) is -0.547. The highest BCUT2D eigenvalue weighted by Gasteiger charge is 2.51. The minimum absolute atomic E-state index is 0.185. The predicted molar refractivity (Wildman–Crippen MR) is 231 cm³/mol. The van der Waals surface area contributed by atoms with Gasteiger partial charge in [-0.1, -0.05) is 152 Å². The molecule has 6 heteroatoms. The molecule has 0 saturated carbocycles. The number of hydrogen-bond donors (Lipinski definition) is 0. The quantitative estimate of drug-likeness (QED) is 0.0506. The van der Waals surface area contributed by atoms with E-state index < -0.39 is 5.79 Å². The maximum absolute atomic E-state index is 12.7. The van der Waals surface area contributed by atoms with E-state index in [2.05, 4.69) is 74.6 Å². The first-order valence-corrected chi connectivity index (χ1v) is 22.6. The number of piperidine rings is 1. The van der Waals surface area contributed by atoms with E-state index in [9.17, 15) is 4.79 Å². The monoisotopic (exact) mass is 753 g/mol. The van der Waals surface area contributed by atoms with Gasteiger partial charge in [-0.25, -0.2) is 4.79 Å². The molecule has 1 unspecified atom stereocenters. The van der Waals surface area contributed by atoms with E-state index >= 15 is 0 Å². The van der Waals surface area contributed by atoms with Crippen molar-refractivity contribution < 1.29 is 19.0 Å². The summed E-state index contributed by atoms with van der Waals surface area (Å²) in [7, 11) is 3.98. The molecule has 1 atom stereocenters. The first-order chi connectivity index (χ1) is 26.4. The lowest BCUT2D eigenvalue weighted by molar-refractivity contribution is -0.211. The molecule has 2 saturated heterocycles. The third kappa shape index (κ3) is 23.7. The summed E-state index contributed by atoms with van der Waals surface area (Å²) in [4.78, 5) is 16.5. The topological polar surface area (TPSA) is 51.2 Å². The SMILES string of the molecule is CC/C=C\C/C=C\C/C=C\CCCCCCCCC1(CCCCCCCC/C=C\C/C=C\CCCCC)COC2(CCN(C(=O)OCCN(C)C)CC2)O1. The van der Waals surface area contributed by atoms with Gasteiger partial charge in [-0.15, -0.1) is 0 Å². The van der Waals surface area contributed by atoms with Crippen LogP contribution in [0.5, 0.6) is 0 Å². The van der Waals surface area contributed by atoms with Crippen LogP contribution >= 0.6 is 0 Å². The lowest BCUT2D eigenvalue weighted by atomic mass is 9.90. The predicted octanol–water partition coefficient (Wildman–Crippen LogP) is 13.4. The van der Waals surface area contributed by atoms with Crippen LogP contribution in [0.15, 0.2) is 60.8 Å². The Balaban J connectivity index is 1.69. The van der Waals surface area contributed by atoms with E-state index in [0.717, 1.165) is 57.9 Å². The molecule has 0 aromatic rings. The van der Waals surface area contributed by atoms with Crippen LogP contribution in [0, 0.1) is 0 Å². The summed E-state index contributed by atoms with van der Waals surface area (Å²) in [6.45, 7) is 7.55. The smallest absolute Gasteiger partial charge is 0.409 e. The van der Waals surface area contributed by atoms with Crippen molar-refractivity contribution in [2.75, 3.05) is 46.9 Å². The van der Waals surface area contributed by atoms with Gasteiger partial charge in [-0.3, -0.25) is 0 Å². The second-order valence-corrected chi connectivity index (χ2v) is 16.2. The van der Waals surface area contributed by atoms with E-state index in [-0.39, 0.29) is 11.7 Å². The van der Waals surface area contributed by atoms with Crippen LogP contribution in [0.3, 0.4) is 0 Å². The normalized spacial score (nSPS) is 19.1. The van der Waals surface area contributed by atoms with Gasteiger partial charge in [0.25, 0.3) is 0 Å². The van der Waals surface area contributed by atoms with Gasteiger partial charge in [0.2, 0.25) is 0 Å². The Bertz CT molecular complexity index is 1050. The van der Waals surface area contributed by atoms with Crippen LogP contribution < -0.4 is 0 Å². The fourth-order valence-electron chi connectivity index (χ4n) is 7.45. The largest absolute Gasteiger partial charge is 0.448 e. The number of hydrogen-bond acceptors (Lipinski definition) is 5. The number of likely N-dealkylation sites (N-methyl/N-ethyl adjacent to an activating group) is 1. The minimum atomic E-state index is -0.547. The third-order valence-corrected chi connectivity index (χ3v) is 10.9. The zero-order chi connectivity index (χ0) is 38.8. The maximum atomic E-state index is 12.7. The standard InChI is InChI=1S/C48H84N2O4/c1-5-7-9-11-13-15-17-19-21-23-25-27-29-31-33-35-37-47(38-36-34-32-30-28-26-24-22-20-18-16-14-12-10-8-6-2)45-53-48(54-47)39-41-50(42-40-48)46(51)52-44-43-49(3)4/h7,9,13-16,19-22H,5-6,8,10-12,17-18,23-45H2,1-4H3/b9-7-,15-13-,16-14-,21-19-,22-20-. The number of nitrogens with zero attached hydrogens (tertiary/aromatic N) is 2. The van der Waals surface area contributed by atoms with Crippen LogP contribution in [0.1, 0.15) is 181 Å². The average molecular weight is 753 g/mol. The molecule has 54 heavy (non-hydrogen) atoms. The second-order valence-electron chi connectivity index (χ2n) is 16.2. The molecule has 0 N–H and O–H groups in total. The van der Waals surface area contributed by atoms with Crippen molar-refractivity contribution in [1.82, 2.24) is 9.80 Å². The van der Waals surface area contributed by atoms with E-state index in [1.54, 1.807) is 0 Å². The average Bonchev–Trinajstić information content (AvgIpc) is 3.51. The van der Waals surface area contributed by atoms with E-state index in [1.807, 2.05) is 23.9 Å². The van der Waals surface area contributed by atoms with Crippen molar-refractivity contribution in [2.45, 2.75) is 192 Å². The molecule has 0 radical (unpaired) electrons. The molecular weight excluding hydrogens is 669 g/mol. The zero-order valence-corrected chi connectivity index (χ0v) is 35.7. The Morgan fingerprint density at radius 1 is 0.630 bits per heavy atom. The number of rotatable bonds is 32. The molecule has 1 spiro atoms. The van der Waals surface area contributed by atoms with Crippen LogP contribution in [0.25, 0.3) is 0 Å². The Labute approximate surface area is 333 Å². The van der Waals surface area contributed by atoms with Gasteiger partial charge in [0.1, 0.15) is 6.61 Å². The van der Waals surface area contributed by atoms with Gasteiger partial charge in [0, 0.05) is 32.5 Å². The van der Waals surface area contributed by atoms with Crippen LogP contribution in [0.2, 0.25) is 0 Å². The van der Waals surface area contributed by atoms with Gasteiger partial charge in [0.05, 0.1) is 12.2 Å². The summed E-state index contributed by atoms with van der Waals surface area (Å²) in [5, 5.41) is 0. The first kappa shape index (κ1) is 48.0. The molecule has 2 rings (SSSR count). The summed E-state index contributed by atoms with van der Waals surface area (Å²) in [5.41, 5.74) is -0.185. The molecule has 310 valence electrons. The molecule has 2 fully saturated rings. The molecule has 0 aliphatic carbocycles. The maximum Gasteiger partial charge on any atom is 0.409 e. The van der Waals surface area contributed by atoms with Gasteiger partial charge >= 0.3 is 6.09 Å². The molecule has 6 nitrogen and oxygen atoms in total. The number of likely N-dealkylation sites (tertiary alicyclic amines) is 1. The van der Waals surface area contributed by atoms with E-state index in [1.165, 1.54) is 116 Å². The molecule has 0 aromatic heterocycles. The third-order valence-electron chi connectivity index (χ3n) is 10.9. The highest BCUT2D eigenvalue weighted by atomic mass is 16.8. The number of carbonyl (C=O) groups is 1. The Morgan fingerprint density at radius 2 is 1.09 bits per heavy atom. The summed E-state index contributed by atoms with van der Waals surface area (Å²) in [6.07, 6.45) is 53.7. The number of amides is 1. The number of ether oxygens (including phenoxy) is 3. The van der Waals surface area contributed by atoms with Crippen molar-refractivity contribution >= 4 is 6.09 Å². The number of carbonyl (C=O) groups excluding carboxylic acids is 1. The van der Waals surface area contributed by atoms with E-state index in [0.29, 0.717) is 26.3 Å². The molecule has 2 aliphatic rings. The molecule has 2 heterocycles. The van der Waals surface area contributed by atoms with Crippen LogP contribution in [0.4, 0.5) is 4.79 Å². The Hall–Kier alpha value is -2.15. The molecule has 2 aliphatic heterocycles. The number of unbranched alkanes of at least 4 members (excludes halogenated alkanes) is 15. The van der Waals surface area contributed by atoms with E-state index in [4.69, 9.17) is 14.2 Å². The molecule has 0 aromatic carbocycles. The zero-order valence-electron chi connectivity index (χ0n) is 35.7. The van der Waals surface area contributed by atoms with Crippen LogP contribution in [-0.2, 0) is 14.2 Å². The highest BCUT2D eigenvalue weighted by molar-refractivity contribution is 5.67. The van der Waals surface area contributed by atoms with Crippen molar-refractivity contribution in [1.29, 1.82) is 0 Å². The summed E-state index contributed by atoms with van der Waals surface area (Å²) >= 11 is 0. The van der Waals surface area contributed by atoms with Gasteiger partial charge in [-0.05, 0) is 91.1 Å². The molecule has 0 bridgehead atoms. The van der Waals surface area contributed by atoms with Gasteiger partial charge in [-0.2, -0.15) is 0 Å². The lowest BCUT2D eigenvalue weighted by Gasteiger charge is -2.39. The Morgan fingerprint density at radius 3 is 1.59 bits per heavy atom. The van der Waals surface area contributed by atoms with Crippen molar-refractivity contribution in [3.8, 4) is 0 Å². The lowest BCUT2D eigenvalue weighted by Crippen LogP contribution is -2.49. The molecular formula is C48H84N2O4.